The van der Waals surface area contributed by atoms with Crippen molar-refractivity contribution < 1.29 is 18.4 Å². The summed E-state index contributed by atoms with van der Waals surface area (Å²) in [5.41, 5.74) is 4.27. The summed E-state index contributed by atoms with van der Waals surface area (Å²) in [6.45, 7) is 9.63. The zero-order chi connectivity index (χ0) is 38.9. The van der Waals surface area contributed by atoms with E-state index in [4.69, 9.17) is 11.6 Å². The summed E-state index contributed by atoms with van der Waals surface area (Å²) in [6, 6.07) is 14.6. The molecule has 2 amide bonds. The van der Waals surface area contributed by atoms with Gasteiger partial charge in [-0.1, -0.05) is 23.7 Å². The van der Waals surface area contributed by atoms with Crippen molar-refractivity contribution in [1.82, 2.24) is 24.4 Å². The van der Waals surface area contributed by atoms with Gasteiger partial charge in [0.2, 0.25) is 17.8 Å². The third kappa shape index (κ3) is 6.21. The van der Waals surface area contributed by atoms with Crippen molar-refractivity contribution in [2.45, 2.75) is 63.8 Å². The van der Waals surface area contributed by atoms with Crippen molar-refractivity contribution in [2.75, 3.05) is 54.0 Å². The second-order valence-electron chi connectivity index (χ2n) is 15.8. The van der Waals surface area contributed by atoms with Gasteiger partial charge < -0.3 is 9.80 Å². The lowest BCUT2D eigenvalue weighted by molar-refractivity contribution is -0.129. The van der Waals surface area contributed by atoms with Gasteiger partial charge in [-0.15, -0.1) is 0 Å². The fourth-order valence-corrected chi connectivity index (χ4v) is 9.16. The minimum atomic E-state index is -0.887. The number of hydrogen-bond acceptors (Lipinski definition) is 9. The number of anilines is 3. The highest BCUT2D eigenvalue weighted by atomic mass is 35.5. The maximum Gasteiger partial charge on any atom is 0.282 e. The van der Waals surface area contributed by atoms with Crippen LogP contribution in [-0.2, 0) is 21.5 Å². The molecule has 0 spiro atoms. The second kappa shape index (κ2) is 14.0. The topological polar surface area (TPSA) is 108 Å². The Morgan fingerprint density at radius 1 is 0.839 bits per heavy atom. The first-order chi connectivity index (χ1) is 27.0. The summed E-state index contributed by atoms with van der Waals surface area (Å²) >= 11 is 6.48. The minimum absolute atomic E-state index is 0.0729. The zero-order valence-corrected chi connectivity index (χ0v) is 32.0. The van der Waals surface area contributed by atoms with Crippen molar-refractivity contribution in [3.05, 3.63) is 110 Å². The van der Waals surface area contributed by atoms with Gasteiger partial charge in [-0.25, -0.2) is 23.6 Å². The number of carbonyl (C=O) groups excluding carboxylic acids is 2. The molecule has 0 aliphatic carbocycles. The maximum absolute atomic E-state index is 15.2. The number of nitrogens with zero attached hydrogens (tertiary/aromatic N) is 8. The molecule has 0 bridgehead atoms. The Bertz CT molecular complexity index is 2420. The van der Waals surface area contributed by atoms with Crippen LogP contribution in [-0.4, -0.2) is 75.5 Å². The predicted octanol–water partition coefficient (Wildman–Crippen LogP) is 6.50. The van der Waals surface area contributed by atoms with Crippen molar-refractivity contribution in [3.8, 4) is 5.69 Å². The van der Waals surface area contributed by atoms with E-state index < -0.39 is 34.6 Å². The van der Waals surface area contributed by atoms with E-state index in [1.54, 1.807) is 6.07 Å². The molecule has 3 aromatic carbocycles. The van der Waals surface area contributed by atoms with E-state index in [0.29, 0.717) is 59.2 Å². The van der Waals surface area contributed by atoms with Gasteiger partial charge in [0.1, 0.15) is 11.5 Å². The number of carbonyl (C=O) groups is 2. The molecule has 0 saturated carbocycles. The van der Waals surface area contributed by atoms with Crippen LogP contribution in [0.15, 0.2) is 65.7 Å². The van der Waals surface area contributed by atoms with Crippen molar-refractivity contribution in [1.29, 1.82) is 0 Å². The normalized spacial score (nSPS) is 18.8. The average molecular weight is 779 g/mol. The molecular formula is C42H41ClF2N8O3. The molecule has 288 valence electrons. The Hall–Kier alpha value is -5.27. The second-order valence-corrected chi connectivity index (χ2v) is 16.2. The largest absolute Gasteiger partial charge is 0.369 e. The third-order valence-electron chi connectivity index (χ3n) is 11.9. The number of piperazine rings is 1. The summed E-state index contributed by atoms with van der Waals surface area (Å²) in [4.78, 5) is 59.1. The van der Waals surface area contributed by atoms with Gasteiger partial charge >= 0.3 is 0 Å². The van der Waals surface area contributed by atoms with Crippen LogP contribution >= 0.6 is 11.6 Å². The Balaban J connectivity index is 0.815. The number of imide groups is 1. The van der Waals surface area contributed by atoms with E-state index in [2.05, 4.69) is 66.3 Å². The van der Waals surface area contributed by atoms with Gasteiger partial charge in [0, 0.05) is 82.3 Å². The highest BCUT2D eigenvalue weighted by molar-refractivity contribution is 6.35. The van der Waals surface area contributed by atoms with Gasteiger partial charge in [0.15, 0.2) is 11.6 Å². The average Bonchev–Trinajstić information content (AvgIpc) is 3.41. The van der Waals surface area contributed by atoms with E-state index >= 15 is 8.78 Å². The highest BCUT2D eigenvalue weighted by Gasteiger charge is 2.39. The summed E-state index contributed by atoms with van der Waals surface area (Å²) < 4.78 is 32.5. The fourth-order valence-electron chi connectivity index (χ4n) is 8.91. The van der Waals surface area contributed by atoms with Crippen LogP contribution in [0.3, 0.4) is 0 Å². The molecule has 9 rings (SSSR count). The molecule has 14 heteroatoms. The van der Waals surface area contributed by atoms with Crippen LogP contribution in [0, 0.1) is 11.6 Å². The van der Waals surface area contributed by atoms with E-state index in [9.17, 15) is 14.4 Å². The molecule has 0 radical (unpaired) electrons. The summed E-state index contributed by atoms with van der Waals surface area (Å²) in [5, 5.41) is 0.838. The quantitative estimate of drug-likeness (QED) is 0.179. The third-order valence-corrected chi connectivity index (χ3v) is 12.3. The van der Waals surface area contributed by atoms with Gasteiger partial charge in [0.25, 0.3) is 5.56 Å². The number of benzene rings is 3. The highest BCUT2D eigenvalue weighted by Crippen LogP contribution is 2.44. The molecule has 56 heavy (non-hydrogen) atoms. The number of piperidine rings is 2. The fraction of sp³-hybridized carbons (Fsp3) is 0.381. The Morgan fingerprint density at radius 3 is 2.20 bits per heavy atom. The lowest BCUT2D eigenvalue weighted by atomic mass is 9.85. The zero-order valence-electron chi connectivity index (χ0n) is 31.3. The van der Waals surface area contributed by atoms with Crippen LogP contribution in [0.1, 0.15) is 74.4 Å². The van der Waals surface area contributed by atoms with Crippen molar-refractivity contribution in [2.24, 2.45) is 0 Å². The molecule has 3 saturated heterocycles. The van der Waals surface area contributed by atoms with Gasteiger partial charge in [0.05, 0.1) is 27.0 Å². The molecule has 2 aromatic heterocycles. The van der Waals surface area contributed by atoms with E-state index in [1.165, 1.54) is 12.1 Å². The number of amides is 2. The van der Waals surface area contributed by atoms with E-state index in [1.807, 2.05) is 24.5 Å². The van der Waals surface area contributed by atoms with Crippen LogP contribution in [0.5, 0.6) is 0 Å². The lowest BCUT2D eigenvalue weighted by Crippen LogP contribution is -2.46. The number of hydrogen-bond donors (Lipinski definition) is 0. The Kier molecular flexibility index (Phi) is 9.12. The number of fused-ring (bicyclic) bond motifs is 5. The summed E-state index contributed by atoms with van der Waals surface area (Å²) in [6.07, 6.45) is 5.65. The Labute approximate surface area is 327 Å². The van der Waals surface area contributed by atoms with Gasteiger partial charge in [-0.05, 0) is 86.6 Å². The van der Waals surface area contributed by atoms with Crippen LogP contribution in [0.25, 0.3) is 16.6 Å². The summed E-state index contributed by atoms with van der Waals surface area (Å²) in [5.74, 6) is -1.65. The molecule has 6 heterocycles. The molecule has 4 aliphatic rings. The molecule has 5 aromatic rings. The van der Waals surface area contributed by atoms with Crippen LogP contribution in [0.2, 0.25) is 5.02 Å². The minimum Gasteiger partial charge on any atom is -0.369 e. The molecule has 4 aliphatic heterocycles. The predicted molar refractivity (Wildman–Crippen MR) is 211 cm³/mol. The molecule has 3 fully saturated rings. The summed E-state index contributed by atoms with van der Waals surface area (Å²) in [7, 11) is 0. The first-order valence-corrected chi connectivity index (χ1v) is 19.6. The van der Waals surface area contributed by atoms with E-state index in [0.717, 1.165) is 66.6 Å². The number of halogens is 3. The molecule has 11 nitrogen and oxygen atoms in total. The SMILES string of the molecule is CC1(C)c2ccc(N3CCN(Cc4cnc(N5CCC(c6cc(F)c(N7C(=O)CCCC7=O)c(F)c6)CC5)nc4)CC3)cc2-n2c1nc(=O)c1c(Cl)cccc12. The molecular weight excluding hydrogens is 738 g/mol. The monoisotopic (exact) mass is 778 g/mol. The first kappa shape index (κ1) is 36.4. The molecule has 0 N–H and O–H groups in total. The van der Waals surface area contributed by atoms with Crippen LogP contribution in [0.4, 0.5) is 26.1 Å². The van der Waals surface area contributed by atoms with Crippen molar-refractivity contribution >= 4 is 51.6 Å². The van der Waals surface area contributed by atoms with Gasteiger partial charge in [-0.3, -0.25) is 23.9 Å². The lowest BCUT2D eigenvalue weighted by Gasteiger charge is -2.36. The number of aromatic nitrogens is 4. The van der Waals surface area contributed by atoms with E-state index in [-0.39, 0.29) is 24.3 Å². The van der Waals surface area contributed by atoms with Crippen LogP contribution < -0.4 is 20.3 Å². The first-order valence-electron chi connectivity index (χ1n) is 19.2. The number of rotatable bonds is 6. The van der Waals surface area contributed by atoms with Crippen molar-refractivity contribution in [3.63, 3.8) is 0 Å². The standard InChI is InChI=1S/C42H41ClF2N8O3/c1-42(2)29-10-9-28(21-34(29)52-33-6-3-5-30(43)37(33)39(56)48-40(42)52)50-17-15-49(16-18-50)24-25-22-46-41(47-23-25)51-13-11-26(12-14-51)27-19-31(44)38(32(45)20-27)53-35(54)7-4-8-36(53)55/h3,5-6,9-10,19-23,26H,4,7-8,11-18,24H2,1-2H3. The molecule has 0 atom stereocenters. The Morgan fingerprint density at radius 2 is 1.52 bits per heavy atom. The molecule has 0 unspecified atom stereocenters. The van der Waals surface area contributed by atoms with Gasteiger partial charge in [-0.2, -0.15) is 4.98 Å². The maximum atomic E-state index is 15.2. The smallest absolute Gasteiger partial charge is 0.282 e.